The molecule has 0 saturated heterocycles. The summed E-state index contributed by atoms with van der Waals surface area (Å²) in [6, 6.07) is 17.7. The van der Waals surface area contributed by atoms with Gasteiger partial charge >= 0.3 is 0 Å². The smallest absolute Gasteiger partial charge is 0.258 e. The Hall–Kier alpha value is -3.54. The van der Waals surface area contributed by atoms with Crippen molar-refractivity contribution < 1.29 is 18.7 Å². The van der Waals surface area contributed by atoms with Crippen LogP contribution in [-0.2, 0) is 22.6 Å². The Morgan fingerprint density at radius 1 is 1.15 bits per heavy atom. The van der Waals surface area contributed by atoms with Crippen molar-refractivity contribution in [1.82, 2.24) is 10.2 Å². The van der Waals surface area contributed by atoms with E-state index >= 15 is 0 Å². The highest BCUT2D eigenvalue weighted by atomic mass is 16.5. The zero-order chi connectivity index (χ0) is 24.1. The molecule has 0 fully saturated rings. The number of benzene rings is 2. The lowest BCUT2D eigenvalue weighted by atomic mass is 9.87. The molecule has 34 heavy (non-hydrogen) atoms. The summed E-state index contributed by atoms with van der Waals surface area (Å²) in [5.74, 6) is 1.53. The van der Waals surface area contributed by atoms with Crippen LogP contribution in [-0.4, -0.2) is 29.9 Å². The van der Waals surface area contributed by atoms with Gasteiger partial charge in [0.25, 0.3) is 5.91 Å². The molecule has 6 heteroatoms. The van der Waals surface area contributed by atoms with E-state index in [1.165, 1.54) is 11.1 Å². The Balaban J connectivity index is 1.54. The second-order valence-corrected chi connectivity index (χ2v) is 9.25. The van der Waals surface area contributed by atoms with Crippen LogP contribution in [0, 0.1) is 12.8 Å². The largest absolute Gasteiger partial charge is 0.484 e. The zero-order valence-electron chi connectivity index (χ0n) is 20.0. The molecule has 0 spiro atoms. The Bertz CT molecular complexity index is 1120. The molecule has 1 N–H and O–H groups in total. The van der Waals surface area contributed by atoms with E-state index in [0.717, 1.165) is 17.5 Å². The van der Waals surface area contributed by atoms with Gasteiger partial charge in [0.2, 0.25) is 5.91 Å². The monoisotopic (exact) mass is 460 g/mol. The molecule has 1 aromatic heterocycles. The number of ether oxygens (including phenoxy) is 1. The first-order valence-corrected chi connectivity index (χ1v) is 11.8. The number of nitrogens with one attached hydrogen (secondary N) is 1. The van der Waals surface area contributed by atoms with E-state index in [2.05, 4.69) is 56.4 Å². The topological polar surface area (TPSA) is 71.8 Å². The predicted octanol–water partition coefficient (Wildman–Crippen LogP) is 4.80. The number of hydrogen-bond donors (Lipinski definition) is 1. The summed E-state index contributed by atoms with van der Waals surface area (Å²) in [5, 5.41) is 2.79. The molecular formula is C28H32N2O4. The molecule has 4 rings (SSSR count). The van der Waals surface area contributed by atoms with Gasteiger partial charge in [0, 0.05) is 13.0 Å². The van der Waals surface area contributed by atoms with Crippen LogP contribution in [0.4, 0.5) is 0 Å². The average molecular weight is 461 g/mol. The summed E-state index contributed by atoms with van der Waals surface area (Å²) in [6.07, 6.45) is 2.89. The summed E-state index contributed by atoms with van der Waals surface area (Å²) in [6.45, 7) is 7.11. The first-order chi connectivity index (χ1) is 16.4. The highest BCUT2D eigenvalue weighted by Gasteiger charge is 2.32. The van der Waals surface area contributed by atoms with E-state index in [-0.39, 0.29) is 24.5 Å². The highest BCUT2D eigenvalue weighted by molar-refractivity contribution is 5.78. The number of fused-ring (bicyclic) bond motifs is 1. The van der Waals surface area contributed by atoms with E-state index in [9.17, 15) is 9.59 Å². The van der Waals surface area contributed by atoms with Crippen molar-refractivity contribution in [2.45, 2.75) is 46.2 Å². The Morgan fingerprint density at radius 3 is 2.65 bits per heavy atom. The molecule has 1 aliphatic rings. The normalized spacial score (nSPS) is 15.2. The van der Waals surface area contributed by atoms with Crippen LogP contribution in [0.5, 0.6) is 5.75 Å². The molecule has 0 saturated carbocycles. The average Bonchev–Trinajstić information content (AvgIpc) is 3.34. The van der Waals surface area contributed by atoms with Gasteiger partial charge in [-0.2, -0.15) is 0 Å². The van der Waals surface area contributed by atoms with E-state index in [4.69, 9.17) is 9.15 Å². The molecule has 2 amide bonds. The molecule has 1 aliphatic heterocycles. The van der Waals surface area contributed by atoms with E-state index < -0.39 is 0 Å². The maximum absolute atomic E-state index is 13.2. The van der Waals surface area contributed by atoms with Gasteiger partial charge in [-0.05, 0) is 60.2 Å². The quantitative estimate of drug-likeness (QED) is 0.524. The lowest BCUT2D eigenvalue weighted by Crippen LogP contribution is -2.41. The minimum absolute atomic E-state index is 0.0926. The van der Waals surface area contributed by atoms with Gasteiger partial charge in [0.15, 0.2) is 6.61 Å². The van der Waals surface area contributed by atoms with Crippen molar-refractivity contribution in [1.29, 1.82) is 0 Å². The number of amides is 2. The van der Waals surface area contributed by atoms with Crippen LogP contribution in [0.25, 0.3) is 0 Å². The molecule has 0 aliphatic carbocycles. The van der Waals surface area contributed by atoms with Crippen molar-refractivity contribution >= 4 is 11.8 Å². The third-order valence-electron chi connectivity index (χ3n) is 6.05. The molecule has 6 nitrogen and oxygen atoms in total. The second kappa shape index (κ2) is 10.6. The molecule has 1 unspecified atom stereocenters. The maximum atomic E-state index is 13.2. The van der Waals surface area contributed by atoms with Gasteiger partial charge < -0.3 is 19.4 Å². The standard InChI is InChI=1S/C28H32N2O4/c1-19(2)15-27(32)30-13-12-21-10-11-23(34-18-26(31)29-17-24-5-4-14-33-24)16-25(21)28(30)22-8-6-20(3)7-9-22/h4-11,14,16,19,28H,12-13,15,17-18H2,1-3H3,(H,29,31). The number of furan rings is 1. The molecule has 2 heterocycles. The molecule has 0 radical (unpaired) electrons. The minimum Gasteiger partial charge on any atom is -0.484 e. The minimum atomic E-state index is -0.224. The van der Waals surface area contributed by atoms with E-state index in [0.29, 0.717) is 36.9 Å². The predicted molar refractivity (Wildman–Crippen MR) is 130 cm³/mol. The second-order valence-electron chi connectivity index (χ2n) is 9.25. The van der Waals surface area contributed by atoms with Gasteiger partial charge in [0.1, 0.15) is 11.5 Å². The summed E-state index contributed by atoms with van der Waals surface area (Å²) >= 11 is 0. The molecule has 0 bridgehead atoms. The fourth-order valence-electron chi connectivity index (χ4n) is 4.33. The Labute approximate surface area is 200 Å². The lowest BCUT2D eigenvalue weighted by Gasteiger charge is -2.38. The van der Waals surface area contributed by atoms with Crippen molar-refractivity contribution in [2.75, 3.05) is 13.2 Å². The zero-order valence-corrected chi connectivity index (χ0v) is 20.0. The van der Waals surface area contributed by atoms with Gasteiger partial charge in [-0.1, -0.05) is 49.7 Å². The lowest BCUT2D eigenvalue weighted by molar-refractivity contribution is -0.134. The third kappa shape index (κ3) is 5.68. The Morgan fingerprint density at radius 2 is 1.94 bits per heavy atom. The summed E-state index contributed by atoms with van der Waals surface area (Å²) in [4.78, 5) is 27.4. The van der Waals surface area contributed by atoms with Crippen LogP contribution in [0.15, 0.2) is 65.3 Å². The summed E-state index contributed by atoms with van der Waals surface area (Å²) in [7, 11) is 0. The highest BCUT2D eigenvalue weighted by Crippen LogP contribution is 2.38. The van der Waals surface area contributed by atoms with Crippen molar-refractivity contribution in [2.24, 2.45) is 5.92 Å². The maximum Gasteiger partial charge on any atom is 0.258 e. The van der Waals surface area contributed by atoms with Crippen molar-refractivity contribution in [3.63, 3.8) is 0 Å². The molecule has 1 atom stereocenters. The van der Waals surface area contributed by atoms with Crippen LogP contribution in [0.3, 0.4) is 0 Å². The number of carbonyl (C=O) groups is 2. The fraction of sp³-hybridized carbons (Fsp3) is 0.357. The molecule has 3 aromatic rings. The third-order valence-corrected chi connectivity index (χ3v) is 6.05. The van der Waals surface area contributed by atoms with Crippen molar-refractivity contribution in [3.8, 4) is 5.75 Å². The first kappa shape index (κ1) is 23.6. The van der Waals surface area contributed by atoms with Gasteiger partial charge in [-0.3, -0.25) is 9.59 Å². The number of nitrogens with zero attached hydrogens (tertiary/aromatic N) is 1. The first-order valence-electron chi connectivity index (χ1n) is 11.8. The van der Waals surface area contributed by atoms with E-state index in [1.807, 2.05) is 23.1 Å². The number of aryl methyl sites for hydroxylation is 1. The van der Waals surface area contributed by atoms with Gasteiger partial charge in [-0.25, -0.2) is 0 Å². The van der Waals surface area contributed by atoms with Crippen molar-refractivity contribution in [3.05, 3.63) is 88.9 Å². The fourth-order valence-corrected chi connectivity index (χ4v) is 4.33. The molecular weight excluding hydrogens is 428 g/mol. The number of hydrogen-bond acceptors (Lipinski definition) is 4. The number of rotatable bonds is 8. The summed E-state index contributed by atoms with van der Waals surface area (Å²) < 4.78 is 11.1. The Kier molecular flexibility index (Phi) is 7.36. The molecule has 2 aromatic carbocycles. The van der Waals surface area contributed by atoms with Crippen LogP contribution < -0.4 is 10.1 Å². The van der Waals surface area contributed by atoms with Crippen LogP contribution in [0.1, 0.15) is 54.3 Å². The van der Waals surface area contributed by atoms with E-state index in [1.54, 1.807) is 12.3 Å². The number of carbonyl (C=O) groups excluding carboxylic acids is 2. The van der Waals surface area contributed by atoms with Crippen LogP contribution in [0.2, 0.25) is 0 Å². The van der Waals surface area contributed by atoms with Crippen LogP contribution >= 0.6 is 0 Å². The van der Waals surface area contributed by atoms with Gasteiger partial charge in [-0.15, -0.1) is 0 Å². The van der Waals surface area contributed by atoms with Gasteiger partial charge in [0.05, 0.1) is 18.8 Å². The summed E-state index contributed by atoms with van der Waals surface area (Å²) in [5.41, 5.74) is 4.52. The SMILES string of the molecule is Cc1ccc(C2c3cc(OCC(=O)NCc4ccco4)ccc3CCN2C(=O)CC(C)C)cc1. The molecule has 178 valence electrons.